The third kappa shape index (κ3) is 4.81. The van der Waals surface area contributed by atoms with Gasteiger partial charge in [0.25, 0.3) is 0 Å². The summed E-state index contributed by atoms with van der Waals surface area (Å²) in [5, 5.41) is 0.507. The topological polar surface area (TPSA) is 9.23 Å². The fourth-order valence-corrected chi connectivity index (χ4v) is 2.06. The van der Waals surface area contributed by atoms with Crippen LogP contribution < -0.4 is 0 Å². The number of benzene rings is 1. The molecule has 16 heavy (non-hydrogen) atoms. The van der Waals surface area contributed by atoms with Crippen molar-refractivity contribution in [2.24, 2.45) is 0 Å². The van der Waals surface area contributed by atoms with E-state index < -0.39 is 0 Å². The van der Waals surface area contributed by atoms with E-state index in [9.17, 15) is 0 Å². The van der Waals surface area contributed by atoms with E-state index in [0.717, 1.165) is 11.3 Å². The van der Waals surface area contributed by atoms with Gasteiger partial charge in [0, 0.05) is 5.75 Å². The molecule has 1 nitrogen and oxygen atoms in total. The van der Waals surface area contributed by atoms with Crippen molar-refractivity contribution >= 4 is 29.0 Å². The zero-order valence-corrected chi connectivity index (χ0v) is 11.2. The number of hydrogen-bond donors (Lipinski definition) is 0. The maximum absolute atomic E-state index is 5.53. The van der Waals surface area contributed by atoms with Crippen LogP contribution in [0.2, 0.25) is 0 Å². The van der Waals surface area contributed by atoms with Crippen LogP contribution in [-0.2, 0) is 10.5 Å². The fraction of sp³-hybridized carbons (Fsp3) is 0.308. The van der Waals surface area contributed by atoms with Gasteiger partial charge in [-0.3, -0.25) is 0 Å². The summed E-state index contributed by atoms with van der Waals surface area (Å²) in [6.07, 6.45) is 0. The molecule has 1 rings (SSSR count). The minimum absolute atomic E-state index is 0.0596. The maximum atomic E-state index is 5.53. The molecule has 0 amide bonds. The number of thiocarbonyl (C=S) groups is 1. The number of hydrogen-bond acceptors (Lipinski definition) is 3. The summed E-state index contributed by atoms with van der Waals surface area (Å²) in [7, 11) is 0. The molecule has 1 aromatic rings. The Morgan fingerprint density at radius 3 is 2.62 bits per heavy atom. The van der Waals surface area contributed by atoms with Gasteiger partial charge in [-0.05, 0) is 37.2 Å². The molecule has 3 heteroatoms. The summed E-state index contributed by atoms with van der Waals surface area (Å²) in [6, 6.07) is 10.3. The molecule has 1 atom stereocenters. The van der Waals surface area contributed by atoms with E-state index >= 15 is 0 Å². The lowest BCUT2D eigenvalue weighted by Crippen LogP contribution is -2.10. The molecule has 0 heterocycles. The molecule has 0 fully saturated rings. The van der Waals surface area contributed by atoms with Crippen LogP contribution in [0.15, 0.2) is 42.5 Å². The minimum atomic E-state index is 0.0596. The van der Waals surface area contributed by atoms with Gasteiger partial charge in [0.05, 0.1) is 0 Å². The van der Waals surface area contributed by atoms with Crippen molar-refractivity contribution in [1.29, 1.82) is 0 Å². The molecule has 0 aliphatic carbocycles. The third-order valence-electron chi connectivity index (χ3n) is 1.95. The van der Waals surface area contributed by atoms with Crippen molar-refractivity contribution in [3.8, 4) is 0 Å². The smallest absolute Gasteiger partial charge is 0.187 e. The highest BCUT2D eigenvalue weighted by molar-refractivity contribution is 7.99. The van der Waals surface area contributed by atoms with Crippen LogP contribution in [-0.4, -0.2) is 10.5 Å². The van der Waals surface area contributed by atoms with E-state index in [1.54, 1.807) is 11.8 Å². The Labute approximate surface area is 107 Å². The van der Waals surface area contributed by atoms with Gasteiger partial charge >= 0.3 is 0 Å². The molecule has 0 aromatic heterocycles. The lowest BCUT2D eigenvalue weighted by Gasteiger charge is -2.14. The Bertz CT molecular complexity index is 359. The molecule has 0 radical (unpaired) electrons. The normalized spacial score (nSPS) is 11.9. The molecular weight excluding hydrogens is 236 g/mol. The summed E-state index contributed by atoms with van der Waals surface area (Å²) < 4.78 is 5.53. The lowest BCUT2D eigenvalue weighted by molar-refractivity contribution is 0.303. The molecule has 0 N–H and O–H groups in total. The van der Waals surface area contributed by atoms with Crippen molar-refractivity contribution < 1.29 is 4.74 Å². The van der Waals surface area contributed by atoms with Crippen LogP contribution in [0.3, 0.4) is 0 Å². The zero-order valence-electron chi connectivity index (χ0n) is 9.60. The highest BCUT2D eigenvalue weighted by atomic mass is 32.2. The van der Waals surface area contributed by atoms with Crippen LogP contribution >= 0.6 is 24.0 Å². The fourth-order valence-electron chi connectivity index (χ4n) is 1.07. The largest absolute Gasteiger partial charge is 0.469 e. The zero-order chi connectivity index (χ0) is 12.0. The summed E-state index contributed by atoms with van der Waals surface area (Å²) in [4.78, 5) is 0. The van der Waals surface area contributed by atoms with Gasteiger partial charge in [0.1, 0.15) is 5.44 Å². The summed E-state index contributed by atoms with van der Waals surface area (Å²) in [5.41, 5.74) is 2.16. The summed E-state index contributed by atoms with van der Waals surface area (Å²) >= 11 is 6.77. The van der Waals surface area contributed by atoms with Gasteiger partial charge in [0.2, 0.25) is 0 Å². The van der Waals surface area contributed by atoms with Gasteiger partial charge < -0.3 is 4.74 Å². The number of thioether (sulfide) groups is 1. The summed E-state index contributed by atoms with van der Waals surface area (Å²) in [6.45, 7) is 7.61. The molecule has 1 aromatic carbocycles. The van der Waals surface area contributed by atoms with E-state index in [0.29, 0.717) is 5.05 Å². The van der Waals surface area contributed by atoms with Gasteiger partial charge in [-0.1, -0.05) is 36.9 Å². The summed E-state index contributed by atoms with van der Waals surface area (Å²) in [5.74, 6) is 0.931. The predicted molar refractivity (Wildman–Crippen MR) is 75.7 cm³/mol. The average molecular weight is 252 g/mol. The maximum Gasteiger partial charge on any atom is 0.187 e. The monoisotopic (exact) mass is 252 g/mol. The molecule has 0 aliphatic heterocycles. The predicted octanol–water partition coefficient (Wildman–Crippen LogP) is 4.19. The van der Waals surface area contributed by atoms with Crippen molar-refractivity contribution in [1.82, 2.24) is 0 Å². The van der Waals surface area contributed by atoms with E-state index in [4.69, 9.17) is 17.0 Å². The van der Waals surface area contributed by atoms with Gasteiger partial charge in [-0.2, -0.15) is 0 Å². The van der Waals surface area contributed by atoms with Crippen molar-refractivity contribution in [3.05, 3.63) is 48.0 Å². The molecule has 86 valence electrons. The molecular formula is C13H16OS2. The van der Waals surface area contributed by atoms with E-state index in [2.05, 4.69) is 18.7 Å². The first-order valence-electron chi connectivity index (χ1n) is 5.11. The van der Waals surface area contributed by atoms with Crippen molar-refractivity contribution in [2.45, 2.75) is 25.0 Å². The Morgan fingerprint density at radius 1 is 1.44 bits per heavy atom. The van der Waals surface area contributed by atoms with Crippen molar-refractivity contribution in [3.63, 3.8) is 0 Å². The second kappa shape index (κ2) is 6.71. The quantitative estimate of drug-likeness (QED) is 0.442. The van der Waals surface area contributed by atoms with E-state index in [1.807, 2.05) is 32.0 Å². The second-order valence-corrected chi connectivity index (χ2v) is 5.21. The van der Waals surface area contributed by atoms with Crippen LogP contribution in [0.25, 0.3) is 0 Å². The molecule has 0 spiro atoms. The van der Waals surface area contributed by atoms with Crippen LogP contribution in [0.5, 0.6) is 0 Å². The van der Waals surface area contributed by atoms with Crippen LogP contribution in [0.1, 0.15) is 19.4 Å². The Morgan fingerprint density at radius 2 is 2.06 bits per heavy atom. The third-order valence-corrected chi connectivity index (χ3v) is 3.46. The Balaban J connectivity index is 2.33. The van der Waals surface area contributed by atoms with E-state index in [-0.39, 0.29) is 5.44 Å². The molecule has 0 saturated carbocycles. The molecule has 0 saturated heterocycles. The molecule has 0 bridgehead atoms. The van der Waals surface area contributed by atoms with Crippen molar-refractivity contribution in [2.75, 3.05) is 0 Å². The molecule has 0 aliphatic rings. The second-order valence-electron chi connectivity index (χ2n) is 3.55. The van der Waals surface area contributed by atoms with Gasteiger partial charge in [-0.25, -0.2) is 0 Å². The average Bonchev–Trinajstić information content (AvgIpc) is 2.27. The lowest BCUT2D eigenvalue weighted by atomic mass is 10.2. The number of ether oxygens (including phenoxy) is 1. The molecule has 1 unspecified atom stereocenters. The van der Waals surface area contributed by atoms with Gasteiger partial charge in [0.15, 0.2) is 5.05 Å². The standard InChI is InChI=1S/C13H16OS2/c1-10(2)13(15)14-11(3)16-9-12-7-5-4-6-8-12/h4-8,11H,1,9H2,2-3H3. The van der Waals surface area contributed by atoms with Crippen LogP contribution in [0.4, 0.5) is 0 Å². The first kappa shape index (κ1) is 13.3. The first-order valence-corrected chi connectivity index (χ1v) is 6.57. The SMILES string of the molecule is C=C(C)C(=S)OC(C)SCc1ccccc1. The number of rotatable bonds is 5. The minimum Gasteiger partial charge on any atom is -0.469 e. The van der Waals surface area contributed by atoms with E-state index in [1.165, 1.54) is 5.56 Å². The van der Waals surface area contributed by atoms with Gasteiger partial charge in [-0.15, -0.1) is 11.8 Å². The highest BCUT2D eigenvalue weighted by Gasteiger charge is 2.07. The van der Waals surface area contributed by atoms with Crippen LogP contribution in [0, 0.1) is 0 Å². The highest BCUT2D eigenvalue weighted by Crippen LogP contribution is 2.19. The first-order chi connectivity index (χ1) is 7.59. The Kier molecular flexibility index (Phi) is 5.56. The Hall–Kier alpha value is -0.800.